The molecule has 1 spiro atoms. The molecule has 1 aliphatic carbocycles. The van der Waals surface area contributed by atoms with Crippen molar-refractivity contribution in [1.29, 1.82) is 0 Å². The predicted octanol–water partition coefficient (Wildman–Crippen LogP) is 0.646. The molecule has 0 aromatic carbocycles. The Labute approximate surface area is 274 Å². The second-order valence-electron chi connectivity index (χ2n) is 15.3. The SMILES string of the molecule is NC(N)C(C(=O)NC1CNCC(F)C1N1CCC(S(=O)(=O)N2CCN3CCC2CC3)CC1)C1CC2(CCCCC2)CCC(F)CN1. The van der Waals surface area contributed by atoms with Crippen LogP contribution in [0.25, 0.3) is 0 Å². The number of piperidine rings is 3. The molecule has 1 amide bonds. The molecule has 0 aromatic rings. The monoisotopic (exact) mass is 672 g/mol. The minimum absolute atomic E-state index is 0.0256. The highest BCUT2D eigenvalue weighted by Gasteiger charge is 2.47. The van der Waals surface area contributed by atoms with Gasteiger partial charge in [0, 0.05) is 44.8 Å². The van der Waals surface area contributed by atoms with Crippen LogP contribution in [0.4, 0.5) is 8.78 Å². The molecule has 46 heavy (non-hydrogen) atoms. The van der Waals surface area contributed by atoms with Gasteiger partial charge in [0.25, 0.3) is 0 Å². The smallest absolute Gasteiger partial charge is 0.227 e. The highest BCUT2D eigenvalue weighted by molar-refractivity contribution is 7.89. The number of nitrogens with zero attached hydrogens (tertiary/aromatic N) is 3. The number of hydrogen-bond acceptors (Lipinski definition) is 9. The average molecular weight is 673 g/mol. The zero-order chi connectivity index (χ0) is 32.5. The van der Waals surface area contributed by atoms with Crippen molar-refractivity contribution >= 4 is 15.9 Å². The molecule has 7 N–H and O–H groups in total. The van der Waals surface area contributed by atoms with Gasteiger partial charge >= 0.3 is 0 Å². The first-order valence-electron chi connectivity index (χ1n) is 18.1. The van der Waals surface area contributed by atoms with Gasteiger partial charge in [-0.1, -0.05) is 19.3 Å². The number of alkyl halides is 2. The number of hydrogen-bond donors (Lipinski definition) is 5. The Morgan fingerprint density at radius 3 is 2.28 bits per heavy atom. The molecule has 7 rings (SSSR count). The summed E-state index contributed by atoms with van der Waals surface area (Å²) in [5, 5.41) is 9.10. The first-order valence-corrected chi connectivity index (χ1v) is 19.6. The van der Waals surface area contributed by atoms with Gasteiger partial charge in [0.15, 0.2) is 0 Å². The van der Waals surface area contributed by atoms with E-state index in [1.807, 2.05) is 4.90 Å². The maximum Gasteiger partial charge on any atom is 0.227 e. The molecule has 2 bridgehead atoms. The summed E-state index contributed by atoms with van der Waals surface area (Å²) in [7, 11) is -3.46. The molecule has 7 fully saturated rings. The number of sulfonamides is 1. The number of carbonyl (C=O) groups is 1. The van der Waals surface area contributed by atoms with Crippen molar-refractivity contribution in [2.45, 2.75) is 125 Å². The summed E-state index contributed by atoms with van der Waals surface area (Å²) >= 11 is 0. The van der Waals surface area contributed by atoms with Gasteiger partial charge in [0.2, 0.25) is 15.9 Å². The van der Waals surface area contributed by atoms with Gasteiger partial charge in [0.1, 0.15) is 12.3 Å². The Balaban J connectivity index is 1.12. The van der Waals surface area contributed by atoms with Crippen LogP contribution in [0.1, 0.15) is 77.0 Å². The largest absolute Gasteiger partial charge is 0.350 e. The third kappa shape index (κ3) is 7.59. The van der Waals surface area contributed by atoms with Crippen molar-refractivity contribution in [2.24, 2.45) is 22.8 Å². The molecule has 0 aromatic heterocycles. The number of fused-ring (bicyclic) bond motifs is 4. The van der Waals surface area contributed by atoms with Gasteiger partial charge in [-0.05, 0) is 89.4 Å². The molecule has 1 saturated carbocycles. The molecule has 6 saturated heterocycles. The van der Waals surface area contributed by atoms with Crippen LogP contribution in [0, 0.1) is 11.3 Å². The van der Waals surface area contributed by atoms with Crippen LogP contribution in [0.3, 0.4) is 0 Å². The fourth-order valence-electron chi connectivity index (χ4n) is 9.74. The van der Waals surface area contributed by atoms with Gasteiger partial charge in [-0.25, -0.2) is 17.2 Å². The van der Waals surface area contributed by atoms with Crippen molar-refractivity contribution in [1.82, 2.24) is 30.1 Å². The van der Waals surface area contributed by atoms with E-state index in [2.05, 4.69) is 20.9 Å². The van der Waals surface area contributed by atoms with E-state index in [4.69, 9.17) is 11.5 Å². The molecule has 7 aliphatic rings. The van der Waals surface area contributed by atoms with Gasteiger partial charge in [0.05, 0.1) is 29.4 Å². The van der Waals surface area contributed by atoms with Crippen molar-refractivity contribution < 1.29 is 22.0 Å². The Morgan fingerprint density at radius 2 is 1.59 bits per heavy atom. The van der Waals surface area contributed by atoms with E-state index in [0.29, 0.717) is 45.4 Å². The minimum atomic E-state index is -3.46. The molecule has 14 heteroatoms. The molecule has 6 heterocycles. The second kappa shape index (κ2) is 14.9. The molecule has 0 radical (unpaired) electrons. The molecule has 6 unspecified atom stereocenters. The van der Waals surface area contributed by atoms with Gasteiger partial charge < -0.3 is 32.3 Å². The number of halogens is 2. The first kappa shape index (κ1) is 34.8. The maximum absolute atomic E-state index is 15.7. The zero-order valence-corrected chi connectivity index (χ0v) is 28.2. The molecule has 264 valence electrons. The Hall–Kier alpha value is -1.00. The number of amides is 1. The van der Waals surface area contributed by atoms with E-state index in [9.17, 15) is 17.6 Å². The summed E-state index contributed by atoms with van der Waals surface area (Å²) in [6.45, 7) is 4.88. The number of carbonyl (C=O) groups excluding carboxylic acids is 1. The van der Waals surface area contributed by atoms with E-state index in [1.54, 1.807) is 4.31 Å². The van der Waals surface area contributed by atoms with Crippen LogP contribution in [-0.4, -0.2) is 135 Å². The fourth-order valence-corrected chi connectivity index (χ4v) is 11.9. The van der Waals surface area contributed by atoms with E-state index in [-0.39, 0.29) is 36.5 Å². The lowest BCUT2D eigenvalue weighted by Gasteiger charge is -2.47. The topological polar surface area (TPSA) is 149 Å². The maximum atomic E-state index is 15.7. The Kier molecular flexibility index (Phi) is 11.3. The molecular weight excluding hydrogens is 614 g/mol. The van der Waals surface area contributed by atoms with Crippen LogP contribution in [0.2, 0.25) is 0 Å². The van der Waals surface area contributed by atoms with Crippen LogP contribution >= 0.6 is 0 Å². The van der Waals surface area contributed by atoms with E-state index < -0.39 is 51.8 Å². The fraction of sp³-hybridized carbons (Fsp3) is 0.969. The summed E-state index contributed by atoms with van der Waals surface area (Å²) in [6, 6.07) is -1.42. The number of likely N-dealkylation sites (tertiary alicyclic amines) is 1. The molecule has 11 nitrogen and oxygen atoms in total. The lowest BCUT2D eigenvalue weighted by atomic mass is 9.65. The third-order valence-corrected chi connectivity index (χ3v) is 14.8. The first-order chi connectivity index (χ1) is 22.1. The lowest BCUT2D eigenvalue weighted by molar-refractivity contribution is -0.129. The van der Waals surface area contributed by atoms with E-state index >= 15 is 4.39 Å². The Morgan fingerprint density at radius 1 is 0.870 bits per heavy atom. The molecule has 6 atom stereocenters. The highest BCUT2D eigenvalue weighted by atomic mass is 32.2. The summed E-state index contributed by atoms with van der Waals surface area (Å²) in [5.41, 5.74) is 12.6. The summed E-state index contributed by atoms with van der Waals surface area (Å²) in [5.74, 6) is -1.12. The normalized spacial score (nSPS) is 37.8. The Bertz CT molecular complexity index is 1130. The van der Waals surface area contributed by atoms with Crippen LogP contribution in [0.15, 0.2) is 0 Å². The van der Waals surface area contributed by atoms with Crippen LogP contribution in [-0.2, 0) is 14.8 Å². The summed E-state index contributed by atoms with van der Waals surface area (Å²) < 4.78 is 59.9. The lowest BCUT2D eigenvalue weighted by Crippen LogP contribution is -2.68. The summed E-state index contributed by atoms with van der Waals surface area (Å²) in [6.07, 6.45) is 6.97. The quantitative estimate of drug-likeness (QED) is 0.246. The second-order valence-corrected chi connectivity index (χ2v) is 17.4. The third-order valence-electron chi connectivity index (χ3n) is 12.4. The summed E-state index contributed by atoms with van der Waals surface area (Å²) in [4.78, 5) is 18.4. The minimum Gasteiger partial charge on any atom is -0.350 e. The van der Waals surface area contributed by atoms with Crippen molar-refractivity contribution in [3.8, 4) is 0 Å². The number of rotatable bonds is 7. The highest BCUT2D eigenvalue weighted by Crippen LogP contribution is 2.46. The number of nitrogens with one attached hydrogen (secondary N) is 3. The van der Waals surface area contributed by atoms with Crippen LogP contribution < -0.4 is 27.4 Å². The van der Waals surface area contributed by atoms with E-state index in [1.165, 1.54) is 6.42 Å². The van der Waals surface area contributed by atoms with Gasteiger partial charge in [-0.3, -0.25) is 9.69 Å². The van der Waals surface area contributed by atoms with E-state index in [0.717, 1.165) is 71.0 Å². The molecular formula is C32H58F2N8O3S. The molecule has 6 aliphatic heterocycles. The predicted molar refractivity (Wildman–Crippen MR) is 175 cm³/mol. The standard InChI is InChI=1S/C32H58F2N8O3S/c33-22-4-11-32(9-2-1-3-10-32)18-26(38-19-22)28(30(35)36)31(43)39-27-21-37-20-25(34)29(27)41-14-7-24(8-15-41)46(44,45)42-17-16-40-12-5-23(42)6-13-40/h22-30,37-38H,1-21,35-36H2,(H,39,43). The van der Waals surface area contributed by atoms with Crippen molar-refractivity contribution in [2.75, 3.05) is 58.9 Å². The van der Waals surface area contributed by atoms with Crippen molar-refractivity contribution in [3.63, 3.8) is 0 Å². The number of nitrogens with two attached hydrogens (primary N) is 2. The average Bonchev–Trinajstić information content (AvgIpc) is 3.38. The van der Waals surface area contributed by atoms with Crippen LogP contribution in [0.5, 0.6) is 0 Å². The van der Waals surface area contributed by atoms with Crippen molar-refractivity contribution in [3.05, 3.63) is 0 Å². The zero-order valence-electron chi connectivity index (χ0n) is 27.4. The van der Waals surface area contributed by atoms with Gasteiger partial charge in [-0.15, -0.1) is 0 Å². The van der Waals surface area contributed by atoms with Gasteiger partial charge in [-0.2, -0.15) is 4.31 Å².